The Balaban J connectivity index is 1.68. The Morgan fingerprint density at radius 2 is 1.68 bits per heavy atom. The van der Waals surface area contributed by atoms with E-state index >= 15 is 0 Å². The summed E-state index contributed by atoms with van der Waals surface area (Å²) in [5.41, 5.74) is 5.47. The molecular weight excluding hydrogens is 348 g/mol. The summed E-state index contributed by atoms with van der Waals surface area (Å²) >= 11 is 3.11. The van der Waals surface area contributed by atoms with Crippen LogP contribution in [0.3, 0.4) is 0 Å². The van der Waals surface area contributed by atoms with Gasteiger partial charge in [0.25, 0.3) is 0 Å². The zero-order valence-electron chi connectivity index (χ0n) is 13.9. The molecule has 2 heterocycles. The number of carbonyl (C=O) groups is 1. The Morgan fingerprint density at radius 1 is 1.08 bits per heavy atom. The van der Waals surface area contributed by atoms with Crippen molar-refractivity contribution >= 4 is 40.4 Å². The average Bonchev–Trinajstić information content (AvgIpc) is 2.97. The van der Waals surface area contributed by atoms with Crippen LogP contribution in [0.1, 0.15) is 16.8 Å². The van der Waals surface area contributed by atoms with Crippen molar-refractivity contribution in [2.75, 3.05) is 10.7 Å². The fourth-order valence-electron chi connectivity index (χ4n) is 3.14. The summed E-state index contributed by atoms with van der Waals surface area (Å²) in [6, 6.07) is 16.4. The van der Waals surface area contributed by atoms with Crippen molar-refractivity contribution in [3.05, 3.63) is 70.7 Å². The topological polar surface area (TPSA) is 33.2 Å². The van der Waals surface area contributed by atoms with Crippen molar-refractivity contribution in [1.29, 1.82) is 0 Å². The highest BCUT2D eigenvalue weighted by Gasteiger charge is 2.25. The van der Waals surface area contributed by atoms with E-state index in [0.29, 0.717) is 5.75 Å². The minimum absolute atomic E-state index is 0.0969. The van der Waals surface area contributed by atoms with Gasteiger partial charge >= 0.3 is 0 Å². The zero-order valence-corrected chi connectivity index (χ0v) is 15.6. The summed E-state index contributed by atoms with van der Waals surface area (Å²) in [5, 5.41) is 2.02. The van der Waals surface area contributed by atoms with Gasteiger partial charge in [-0.15, -0.1) is 11.3 Å². The molecule has 0 atom stereocenters. The predicted octanol–water partition coefficient (Wildman–Crippen LogP) is 5.01. The van der Waals surface area contributed by atoms with Crippen LogP contribution in [0.4, 0.5) is 11.4 Å². The van der Waals surface area contributed by atoms with Crippen molar-refractivity contribution in [3.63, 3.8) is 0 Å². The third-order valence-electron chi connectivity index (χ3n) is 4.30. The number of thiazole rings is 1. The fraction of sp³-hybridized carbons (Fsp3) is 0.200. The third kappa shape index (κ3) is 3.34. The van der Waals surface area contributed by atoms with Gasteiger partial charge in [0.2, 0.25) is 5.91 Å². The van der Waals surface area contributed by atoms with Crippen molar-refractivity contribution in [1.82, 2.24) is 4.98 Å². The molecule has 0 radical (unpaired) electrons. The molecule has 1 aliphatic rings. The lowest BCUT2D eigenvalue weighted by Gasteiger charge is -2.24. The molecule has 126 valence electrons. The number of rotatable bonds is 3. The molecule has 0 fully saturated rings. The molecule has 3 nitrogen and oxygen atoms in total. The second-order valence-electron chi connectivity index (χ2n) is 6.03. The number of para-hydroxylation sites is 2. The molecule has 0 saturated carbocycles. The number of aryl methyl sites for hydroxylation is 3. The molecule has 1 aromatic heterocycles. The van der Waals surface area contributed by atoms with Gasteiger partial charge in [-0.1, -0.05) is 48.2 Å². The number of hydrogen-bond donors (Lipinski definition) is 0. The summed E-state index contributed by atoms with van der Waals surface area (Å²) < 4.78 is 0.947. The minimum atomic E-state index is 0.0969. The van der Waals surface area contributed by atoms with E-state index in [-0.39, 0.29) is 5.91 Å². The normalized spacial score (nSPS) is 13.1. The van der Waals surface area contributed by atoms with Gasteiger partial charge in [-0.3, -0.25) is 9.69 Å². The standard InChI is InChI=1S/C20H18N2OS2/c1-14-12-24-20(21-14)25-13-19(23)22-17-8-4-2-6-15(17)10-11-16-7-3-5-9-18(16)22/h2-9,12H,10-11,13H2,1H3. The lowest BCUT2D eigenvalue weighted by molar-refractivity contribution is -0.115. The van der Waals surface area contributed by atoms with Crippen LogP contribution >= 0.6 is 23.1 Å². The summed E-state index contributed by atoms with van der Waals surface area (Å²) in [6.45, 7) is 1.98. The molecule has 0 spiro atoms. The molecule has 0 saturated heterocycles. The van der Waals surface area contributed by atoms with Crippen LogP contribution < -0.4 is 4.90 Å². The number of anilines is 2. The first-order valence-electron chi connectivity index (χ1n) is 8.26. The van der Waals surface area contributed by atoms with Crippen LogP contribution in [0.15, 0.2) is 58.3 Å². The molecule has 3 aromatic rings. The number of nitrogens with zero attached hydrogens (tertiary/aromatic N) is 2. The van der Waals surface area contributed by atoms with Crippen LogP contribution in [-0.4, -0.2) is 16.6 Å². The Hall–Kier alpha value is -2.11. The van der Waals surface area contributed by atoms with Crippen LogP contribution in [0, 0.1) is 6.92 Å². The summed E-state index contributed by atoms with van der Waals surface area (Å²) in [4.78, 5) is 19.5. The summed E-state index contributed by atoms with van der Waals surface area (Å²) in [7, 11) is 0. The smallest absolute Gasteiger partial charge is 0.242 e. The predicted molar refractivity (Wildman–Crippen MR) is 105 cm³/mol. The SMILES string of the molecule is Cc1csc(SCC(=O)N2c3ccccc3CCc3ccccc32)n1. The van der Waals surface area contributed by atoms with E-state index in [4.69, 9.17) is 0 Å². The van der Waals surface area contributed by atoms with Gasteiger partial charge in [0.15, 0.2) is 4.34 Å². The molecular formula is C20H18N2OS2. The number of fused-ring (bicyclic) bond motifs is 2. The van der Waals surface area contributed by atoms with E-state index in [2.05, 4.69) is 17.1 Å². The van der Waals surface area contributed by atoms with Gasteiger partial charge in [-0.2, -0.15) is 0 Å². The van der Waals surface area contributed by atoms with Gasteiger partial charge < -0.3 is 0 Å². The maximum atomic E-state index is 13.1. The average molecular weight is 367 g/mol. The van der Waals surface area contributed by atoms with Crippen LogP contribution in [-0.2, 0) is 17.6 Å². The molecule has 0 aliphatic carbocycles. The number of carbonyl (C=O) groups excluding carboxylic acids is 1. The van der Waals surface area contributed by atoms with E-state index in [9.17, 15) is 4.79 Å². The number of aromatic nitrogens is 1. The lowest BCUT2D eigenvalue weighted by atomic mass is 10.0. The minimum Gasteiger partial charge on any atom is -0.280 e. The molecule has 25 heavy (non-hydrogen) atoms. The van der Waals surface area contributed by atoms with Crippen molar-refractivity contribution in [2.24, 2.45) is 0 Å². The first kappa shape index (κ1) is 16.4. The Kier molecular flexibility index (Phi) is 4.59. The molecule has 5 heteroatoms. The summed E-state index contributed by atoms with van der Waals surface area (Å²) in [5.74, 6) is 0.481. The van der Waals surface area contributed by atoms with Gasteiger partial charge in [-0.25, -0.2) is 4.98 Å². The van der Waals surface area contributed by atoms with E-state index in [1.165, 1.54) is 22.9 Å². The van der Waals surface area contributed by atoms with Crippen LogP contribution in [0.5, 0.6) is 0 Å². The monoisotopic (exact) mass is 366 g/mol. The molecule has 4 rings (SSSR count). The van der Waals surface area contributed by atoms with E-state index in [1.54, 1.807) is 11.3 Å². The van der Waals surface area contributed by atoms with E-state index in [0.717, 1.165) is 34.2 Å². The largest absolute Gasteiger partial charge is 0.280 e. The van der Waals surface area contributed by atoms with Gasteiger partial charge in [0, 0.05) is 11.1 Å². The third-order valence-corrected chi connectivity index (χ3v) is 6.42. The fourth-order valence-corrected chi connectivity index (χ4v) is 4.83. The number of thioether (sulfide) groups is 1. The second-order valence-corrected chi connectivity index (χ2v) is 8.11. The van der Waals surface area contributed by atoms with Gasteiger partial charge in [0.1, 0.15) is 0 Å². The molecule has 0 unspecified atom stereocenters. The molecule has 0 N–H and O–H groups in total. The zero-order chi connectivity index (χ0) is 17.2. The highest BCUT2D eigenvalue weighted by atomic mass is 32.2. The van der Waals surface area contributed by atoms with Gasteiger partial charge in [0.05, 0.1) is 17.1 Å². The highest BCUT2D eigenvalue weighted by molar-refractivity contribution is 8.01. The molecule has 0 bridgehead atoms. The Bertz CT molecular complexity index is 872. The summed E-state index contributed by atoms with van der Waals surface area (Å²) in [6.07, 6.45) is 1.91. The number of amides is 1. The van der Waals surface area contributed by atoms with Crippen LogP contribution in [0.25, 0.3) is 0 Å². The van der Waals surface area contributed by atoms with Crippen molar-refractivity contribution in [3.8, 4) is 0 Å². The number of hydrogen-bond acceptors (Lipinski definition) is 4. The van der Waals surface area contributed by atoms with Gasteiger partial charge in [-0.05, 0) is 43.0 Å². The first-order valence-corrected chi connectivity index (χ1v) is 10.1. The highest BCUT2D eigenvalue weighted by Crippen LogP contribution is 2.36. The molecule has 1 amide bonds. The quantitative estimate of drug-likeness (QED) is 0.611. The second kappa shape index (κ2) is 7.02. The maximum absolute atomic E-state index is 13.1. The maximum Gasteiger partial charge on any atom is 0.242 e. The van der Waals surface area contributed by atoms with Crippen LogP contribution in [0.2, 0.25) is 0 Å². The lowest BCUT2D eigenvalue weighted by Crippen LogP contribution is -2.28. The van der Waals surface area contributed by atoms with E-state index in [1.807, 2.05) is 53.6 Å². The van der Waals surface area contributed by atoms with Crippen molar-refractivity contribution in [2.45, 2.75) is 24.1 Å². The van der Waals surface area contributed by atoms with E-state index < -0.39 is 0 Å². The number of benzene rings is 2. The Morgan fingerprint density at radius 3 is 2.24 bits per heavy atom. The first-order chi connectivity index (χ1) is 12.2. The van der Waals surface area contributed by atoms with Crippen molar-refractivity contribution < 1.29 is 4.79 Å². The molecule has 1 aliphatic heterocycles. The molecule has 2 aromatic carbocycles. The Labute approximate surface area is 155 Å².